The average Bonchev–Trinajstić information content (AvgIpc) is 2.84. The van der Waals surface area contributed by atoms with E-state index in [1.165, 1.54) is 0 Å². The first kappa shape index (κ1) is 24.5. The molecule has 3 rings (SSSR count). The summed E-state index contributed by atoms with van der Waals surface area (Å²) < 4.78 is 5.08. The van der Waals surface area contributed by atoms with Crippen LogP contribution in [0, 0.1) is 0 Å². The molecule has 0 amide bonds. The second-order valence-electron chi connectivity index (χ2n) is 7.64. The van der Waals surface area contributed by atoms with E-state index in [1.807, 2.05) is 18.2 Å². The summed E-state index contributed by atoms with van der Waals surface area (Å²) in [5.41, 5.74) is 8.18. The maximum Gasteiger partial charge on any atom is 0.250 e. The van der Waals surface area contributed by atoms with Crippen LogP contribution in [0.4, 0.5) is 0 Å². The minimum atomic E-state index is -1.76. The summed E-state index contributed by atoms with van der Waals surface area (Å²) in [5, 5.41) is 2.11. The van der Waals surface area contributed by atoms with Gasteiger partial charge in [0.15, 0.2) is 0 Å². The van der Waals surface area contributed by atoms with Gasteiger partial charge in [0, 0.05) is 6.54 Å². The number of hydrogen-bond donors (Lipinski definition) is 2. The largest absolute Gasteiger partial charge is 0.338 e. The van der Waals surface area contributed by atoms with Gasteiger partial charge in [0.2, 0.25) is 8.53 Å². The first-order valence-electron chi connectivity index (χ1n) is 11.0. The molecule has 0 heterocycles. The molecule has 170 valence electrons. The molecule has 0 aliphatic carbocycles. The molecule has 1 unspecified atom stereocenters. The zero-order valence-corrected chi connectivity index (χ0v) is 19.5. The van der Waals surface area contributed by atoms with E-state index in [1.54, 1.807) is 7.11 Å². The minimum absolute atomic E-state index is 0.495. The highest BCUT2D eigenvalue weighted by Crippen LogP contribution is 2.42. The smallest absolute Gasteiger partial charge is 0.250 e. The Balaban J connectivity index is 1.91. The van der Waals surface area contributed by atoms with Crippen LogP contribution < -0.4 is 5.50 Å². The number of benzene rings is 3. The third kappa shape index (κ3) is 6.02. The quantitative estimate of drug-likeness (QED) is 0.153. The van der Waals surface area contributed by atoms with Crippen molar-refractivity contribution in [3.05, 3.63) is 108 Å². The van der Waals surface area contributed by atoms with Crippen molar-refractivity contribution in [3.63, 3.8) is 0 Å². The molecule has 32 heavy (non-hydrogen) atoms. The van der Waals surface area contributed by atoms with Gasteiger partial charge >= 0.3 is 0 Å². The summed E-state index contributed by atoms with van der Waals surface area (Å²) in [7, 11) is -0.00676. The molecular weight excluding hydrogens is 419 g/mol. The summed E-state index contributed by atoms with van der Waals surface area (Å²) in [4.78, 5) is 15.2. The molecule has 0 saturated heterocycles. The van der Waals surface area contributed by atoms with Gasteiger partial charge in [-0.3, -0.25) is 5.50 Å². The lowest BCUT2D eigenvalue weighted by Gasteiger charge is -2.44. The van der Waals surface area contributed by atoms with Gasteiger partial charge in [-0.25, -0.2) is 0 Å². The van der Waals surface area contributed by atoms with Gasteiger partial charge in [0.25, 0.3) is 0 Å². The summed E-state index contributed by atoms with van der Waals surface area (Å²) >= 11 is 0. The highest BCUT2D eigenvalue weighted by molar-refractivity contribution is 7.43. The monoisotopic (exact) mass is 452 g/mol. The molecule has 0 aliphatic rings. The van der Waals surface area contributed by atoms with Crippen molar-refractivity contribution in [1.82, 2.24) is 5.06 Å². The standard InChI is InChI=1S/C26H33N2O3P/c1-30-28(21-13-2-3-14-22-31-32(27)29)26(23-15-7-4-8-16-23,24-17-9-5-10-18-24)25-19-11-6-12-20-25/h4-12,15-20,29H,2-3,13-14,21-22,27H2,1H3. The predicted molar refractivity (Wildman–Crippen MR) is 131 cm³/mol. The molecule has 3 N–H and O–H groups in total. The van der Waals surface area contributed by atoms with E-state index in [2.05, 4.69) is 77.9 Å². The van der Waals surface area contributed by atoms with Crippen LogP contribution in [0.5, 0.6) is 0 Å². The fourth-order valence-electron chi connectivity index (χ4n) is 4.24. The van der Waals surface area contributed by atoms with Crippen molar-refractivity contribution in [1.29, 1.82) is 0 Å². The third-order valence-electron chi connectivity index (χ3n) is 5.65. The molecule has 0 aliphatic heterocycles. The Hall–Kier alpha value is -2.11. The number of nitrogens with two attached hydrogens (primary N) is 1. The van der Waals surface area contributed by atoms with Crippen LogP contribution in [-0.4, -0.2) is 30.2 Å². The van der Waals surface area contributed by atoms with Crippen LogP contribution in [0.2, 0.25) is 0 Å². The van der Waals surface area contributed by atoms with E-state index in [0.29, 0.717) is 6.61 Å². The third-order valence-corrected chi connectivity index (χ3v) is 6.10. The van der Waals surface area contributed by atoms with E-state index in [4.69, 9.17) is 19.8 Å². The molecule has 0 bridgehead atoms. The van der Waals surface area contributed by atoms with Crippen molar-refractivity contribution in [2.75, 3.05) is 20.3 Å². The van der Waals surface area contributed by atoms with E-state index in [-0.39, 0.29) is 0 Å². The molecule has 6 heteroatoms. The summed E-state index contributed by atoms with van der Waals surface area (Å²) in [6.07, 6.45) is 3.89. The lowest BCUT2D eigenvalue weighted by Crippen LogP contribution is -2.48. The topological polar surface area (TPSA) is 68.0 Å². The molecule has 5 nitrogen and oxygen atoms in total. The lowest BCUT2D eigenvalue weighted by atomic mass is 9.76. The fourth-order valence-corrected chi connectivity index (χ4v) is 4.55. The van der Waals surface area contributed by atoms with E-state index < -0.39 is 14.1 Å². The SMILES string of the molecule is CON(CCCCCCOP(N)O)C(c1ccccc1)(c1ccccc1)c1ccccc1. The van der Waals surface area contributed by atoms with Crippen molar-refractivity contribution in [3.8, 4) is 0 Å². The average molecular weight is 453 g/mol. The highest BCUT2D eigenvalue weighted by atomic mass is 31.2. The van der Waals surface area contributed by atoms with Gasteiger partial charge in [-0.2, -0.15) is 5.06 Å². The van der Waals surface area contributed by atoms with Gasteiger partial charge in [-0.15, -0.1) is 0 Å². The molecule has 1 atom stereocenters. The normalized spacial score (nSPS) is 12.8. The van der Waals surface area contributed by atoms with Crippen molar-refractivity contribution in [2.24, 2.45) is 5.50 Å². The number of rotatable bonds is 13. The fraction of sp³-hybridized carbons (Fsp3) is 0.308. The summed E-state index contributed by atoms with van der Waals surface area (Å²) in [6.45, 7) is 1.26. The number of unbranched alkanes of at least 4 members (excludes halogenated alkanes) is 3. The van der Waals surface area contributed by atoms with Crippen LogP contribution >= 0.6 is 8.53 Å². The maximum absolute atomic E-state index is 9.07. The Bertz CT molecular complexity index is 798. The van der Waals surface area contributed by atoms with Gasteiger partial charge in [0.1, 0.15) is 5.54 Å². The second kappa shape index (κ2) is 12.8. The Labute approximate surface area is 192 Å². The minimum Gasteiger partial charge on any atom is -0.338 e. The summed E-state index contributed by atoms with van der Waals surface area (Å²) in [5.74, 6) is 0. The first-order chi connectivity index (χ1) is 15.7. The van der Waals surface area contributed by atoms with Crippen LogP contribution in [0.3, 0.4) is 0 Å². The summed E-state index contributed by atoms with van der Waals surface area (Å²) in [6, 6.07) is 31.6. The number of nitrogens with zero attached hydrogens (tertiary/aromatic N) is 1. The molecular formula is C26H33N2O3P. The van der Waals surface area contributed by atoms with Crippen LogP contribution in [0.25, 0.3) is 0 Å². The van der Waals surface area contributed by atoms with Gasteiger partial charge in [-0.05, 0) is 29.5 Å². The Morgan fingerprint density at radius 1 is 0.750 bits per heavy atom. The maximum atomic E-state index is 9.07. The molecule has 3 aromatic rings. The van der Waals surface area contributed by atoms with Crippen LogP contribution in [0.15, 0.2) is 91.0 Å². The van der Waals surface area contributed by atoms with Crippen LogP contribution in [0.1, 0.15) is 42.4 Å². The Morgan fingerprint density at radius 3 is 1.59 bits per heavy atom. The lowest BCUT2D eigenvalue weighted by molar-refractivity contribution is -0.182. The molecule has 0 spiro atoms. The zero-order valence-electron chi connectivity index (χ0n) is 18.6. The van der Waals surface area contributed by atoms with E-state index in [9.17, 15) is 0 Å². The molecule has 0 radical (unpaired) electrons. The molecule has 0 saturated carbocycles. The van der Waals surface area contributed by atoms with E-state index in [0.717, 1.165) is 48.9 Å². The molecule has 0 fully saturated rings. The van der Waals surface area contributed by atoms with Gasteiger partial charge in [0.05, 0.1) is 13.7 Å². The zero-order chi connectivity index (χ0) is 22.7. The first-order valence-corrected chi connectivity index (χ1v) is 12.3. The van der Waals surface area contributed by atoms with Crippen molar-refractivity contribution >= 4 is 8.53 Å². The van der Waals surface area contributed by atoms with Crippen molar-refractivity contribution < 1.29 is 14.3 Å². The Morgan fingerprint density at radius 2 is 1.19 bits per heavy atom. The second-order valence-corrected chi connectivity index (χ2v) is 8.51. The molecule has 0 aromatic heterocycles. The van der Waals surface area contributed by atoms with Crippen LogP contribution in [-0.2, 0) is 14.9 Å². The highest BCUT2D eigenvalue weighted by Gasteiger charge is 2.42. The number of hydrogen-bond acceptors (Lipinski definition) is 5. The van der Waals surface area contributed by atoms with E-state index >= 15 is 0 Å². The van der Waals surface area contributed by atoms with Crippen molar-refractivity contribution in [2.45, 2.75) is 31.2 Å². The molecule has 3 aromatic carbocycles. The predicted octanol–water partition coefficient (Wildman–Crippen LogP) is 5.60. The number of hydroxylamine groups is 2. The van der Waals surface area contributed by atoms with Gasteiger partial charge in [-0.1, -0.05) is 104 Å². The Kier molecular flexibility index (Phi) is 9.82. The van der Waals surface area contributed by atoms with Gasteiger partial charge < -0.3 is 14.3 Å².